The molecule has 0 spiro atoms. The minimum absolute atomic E-state index is 0.0304. The van der Waals surface area contributed by atoms with Gasteiger partial charge in [0.2, 0.25) is 0 Å². The molecular formula is C24H22N2O3S. The number of fused-ring (bicyclic) bond motifs is 2. The molecule has 2 atom stereocenters. The van der Waals surface area contributed by atoms with Crippen LogP contribution in [0.5, 0.6) is 0 Å². The van der Waals surface area contributed by atoms with Gasteiger partial charge in [0.1, 0.15) is 11.8 Å². The molecule has 5 nitrogen and oxygen atoms in total. The van der Waals surface area contributed by atoms with E-state index in [1.807, 2.05) is 43.3 Å². The average Bonchev–Trinajstić information content (AvgIpc) is 3.23. The molecule has 30 heavy (non-hydrogen) atoms. The van der Waals surface area contributed by atoms with Gasteiger partial charge in [-0.3, -0.25) is 0 Å². The number of ether oxygens (including phenoxy) is 1. The van der Waals surface area contributed by atoms with Gasteiger partial charge in [-0.1, -0.05) is 36.4 Å². The lowest BCUT2D eigenvalue weighted by molar-refractivity contribution is 0.0424. The van der Waals surface area contributed by atoms with E-state index >= 15 is 0 Å². The molecule has 1 aliphatic rings. The molecule has 152 valence electrons. The summed E-state index contributed by atoms with van der Waals surface area (Å²) in [7, 11) is -3.22. The van der Waals surface area contributed by atoms with E-state index in [1.165, 1.54) is 17.4 Å². The van der Waals surface area contributed by atoms with Crippen LogP contribution >= 0.6 is 0 Å². The van der Waals surface area contributed by atoms with E-state index in [0.29, 0.717) is 4.90 Å². The number of benzene rings is 2. The van der Waals surface area contributed by atoms with Gasteiger partial charge in [-0.15, -0.1) is 0 Å². The van der Waals surface area contributed by atoms with Crippen molar-refractivity contribution >= 4 is 15.5 Å². The summed E-state index contributed by atoms with van der Waals surface area (Å²) in [5, 5.41) is 0. The van der Waals surface area contributed by atoms with Crippen LogP contribution in [0.4, 0.5) is 0 Å². The number of aromatic nitrogens is 2. The van der Waals surface area contributed by atoms with Crippen LogP contribution in [0.2, 0.25) is 0 Å². The van der Waals surface area contributed by atoms with Crippen LogP contribution in [0, 0.1) is 6.92 Å². The standard InChI is InChI=1S/C24H22N2O3S/c1-15-23(24-21-7-5-4-6-20(21)16(2)29-24)26-14-18(10-13-22(26)25-15)17-8-11-19(12-9-17)30(3,27)28/h4-14,16,24H,1-3H3/t16-,24+/m0/s1. The van der Waals surface area contributed by atoms with Crippen molar-refractivity contribution in [2.45, 2.75) is 31.0 Å². The number of imidazole rings is 1. The minimum Gasteiger partial charge on any atom is -0.360 e. The zero-order chi connectivity index (χ0) is 21.0. The van der Waals surface area contributed by atoms with Gasteiger partial charge in [0.05, 0.1) is 22.4 Å². The molecule has 6 heteroatoms. The number of aryl methyl sites for hydroxylation is 1. The second kappa shape index (κ2) is 6.79. The Morgan fingerprint density at radius 2 is 1.60 bits per heavy atom. The van der Waals surface area contributed by atoms with E-state index in [2.05, 4.69) is 29.7 Å². The van der Waals surface area contributed by atoms with Crippen LogP contribution in [0.25, 0.3) is 16.8 Å². The Labute approximate surface area is 175 Å². The molecule has 5 rings (SSSR count). The van der Waals surface area contributed by atoms with Crippen LogP contribution in [0.3, 0.4) is 0 Å². The predicted molar refractivity (Wildman–Crippen MR) is 116 cm³/mol. The molecule has 0 fully saturated rings. The predicted octanol–water partition coefficient (Wildman–Crippen LogP) is 4.89. The second-order valence-corrected chi connectivity index (χ2v) is 9.83. The van der Waals surface area contributed by atoms with Crippen LogP contribution in [0.15, 0.2) is 71.8 Å². The summed E-state index contributed by atoms with van der Waals surface area (Å²) >= 11 is 0. The number of pyridine rings is 1. The van der Waals surface area contributed by atoms with Crippen LogP contribution in [0.1, 0.15) is 41.6 Å². The van der Waals surface area contributed by atoms with Crippen molar-refractivity contribution in [3.8, 4) is 11.1 Å². The quantitative estimate of drug-likeness (QED) is 0.475. The Balaban J connectivity index is 1.63. The molecule has 1 aliphatic heterocycles. The molecule has 3 heterocycles. The zero-order valence-corrected chi connectivity index (χ0v) is 17.8. The van der Waals surface area contributed by atoms with Gasteiger partial charge in [0.25, 0.3) is 0 Å². The summed E-state index contributed by atoms with van der Waals surface area (Å²) in [5.74, 6) is 0. The van der Waals surface area contributed by atoms with E-state index in [4.69, 9.17) is 9.72 Å². The smallest absolute Gasteiger partial charge is 0.175 e. The summed E-state index contributed by atoms with van der Waals surface area (Å²) < 4.78 is 31.9. The van der Waals surface area contributed by atoms with Crippen LogP contribution < -0.4 is 0 Å². The van der Waals surface area contributed by atoms with Crippen LogP contribution in [-0.4, -0.2) is 24.1 Å². The van der Waals surface area contributed by atoms with Crippen molar-refractivity contribution in [2.24, 2.45) is 0 Å². The third-order valence-electron chi connectivity index (χ3n) is 5.76. The van der Waals surface area contributed by atoms with E-state index < -0.39 is 9.84 Å². The van der Waals surface area contributed by atoms with Crippen molar-refractivity contribution in [2.75, 3.05) is 6.26 Å². The van der Waals surface area contributed by atoms with E-state index in [1.54, 1.807) is 12.1 Å². The highest BCUT2D eigenvalue weighted by Crippen LogP contribution is 2.43. The highest BCUT2D eigenvalue weighted by atomic mass is 32.2. The van der Waals surface area contributed by atoms with Crippen molar-refractivity contribution in [1.82, 2.24) is 9.38 Å². The SMILES string of the molecule is Cc1nc2ccc(-c3ccc(S(C)(=O)=O)cc3)cn2c1[C@@H]1O[C@@H](C)c2ccccc21. The number of nitrogens with zero attached hydrogens (tertiary/aromatic N) is 2. The molecule has 0 saturated heterocycles. The molecule has 0 amide bonds. The first kappa shape index (κ1) is 19.0. The number of hydrogen-bond acceptors (Lipinski definition) is 4. The number of sulfone groups is 1. The molecule has 0 saturated carbocycles. The molecule has 2 aromatic carbocycles. The Bertz CT molecular complexity index is 1370. The fourth-order valence-corrected chi connectivity index (χ4v) is 4.87. The fourth-order valence-electron chi connectivity index (χ4n) is 4.24. The monoisotopic (exact) mass is 418 g/mol. The van der Waals surface area contributed by atoms with Gasteiger partial charge >= 0.3 is 0 Å². The van der Waals surface area contributed by atoms with E-state index in [-0.39, 0.29) is 12.2 Å². The summed E-state index contributed by atoms with van der Waals surface area (Å²) in [6.07, 6.45) is 3.13. The molecular weight excluding hydrogens is 396 g/mol. The van der Waals surface area contributed by atoms with Gasteiger partial charge in [-0.25, -0.2) is 13.4 Å². The molecule has 4 aromatic rings. The minimum atomic E-state index is -3.22. The fraction of sp³-hybridized carbons (Fsp3) is 0.208. The van der Waals surface area contributed by atoms with Crippen molar-refractivity contribution < 1.29 is 13.2 Å². The Hall–Kier alpha value is -2.96. The summed E-state index contributed by atoms with van der Waals surface area (Å²) in [4.78, 5) is 5.06. The normalized spacial score (nSPS) is 18.6. The van der Waals surface area contributed by atoms with E-state index in [9.17, 15) is 8.42 Å². The van der Waals surface area contributed by atoms with Gasteiger partial charge in [0, 0.05) is 12.5 Å². The maximum atomic E-state index is 11.8. The molecule has 2 aromatic heterocycles. The highest BCUT2D eigenvalue weighted by Gasteiger charge is 2.33. The first-order chi connectivity index (χ1) is 14.3. The molecule has 0 aliphatic carbocycles. The lowest BCUT2D eigenvalue weighted by atomic mass is 10.00. The second-order valence-electron chi connectivity index (χ2n) is 7.81. The first-order valence-corrected chi connectivity index (χ1v) is 11.8. The maximum absolute atomic E-state index is 11.8. The number of rotatable bonds is 3. The van der Waals surface area contributed by atoms with Gasteiger partial charge in [-0.05, 0) is 60.4 Å². The van der Waals surface area contributed by atoms with Gasteiger partial charge < -0.3 is 9.14 Å². The Morgan fingerprint density at radius 3 is 2.30 bits per heavy atom. The molecule has 0 unspecified atom stereocenters. The Kier molecular flexibility index (Phi) is 4.31. The third-order valence-corrected chi connectivity index (χ3v) is 6.89. The molecule has 0 bridgehead atoms. The number of hydrogen-bond donors (Lipinski definition) is 0. The Morgan fingerprint density at radius 1 is 0.933 bits per heavy atom. The van der Waals surface area contributed by atoms with Crippen LogP contribution in [-0.2, 0) is 14.6 Å². The summed E-state index contributed by atoms with van der Waals surface area (Å²) in [6.45, 7) is 4.09. The molecule has 0 N–H and O–H groups in total. The maximum Gasteiger partial charge on any atom is 0.175 e. The first-order valence-electron chi connectivity index (χ1n) is 9.86. The highest BCUT2D eigenvalue weighted by molar-refractivity contribution is 7.90. The topological polar surface area (TPSA) is 60.7 Å². The zero-order valence-electron chi connectivity index (χ0n) is 17.0. The summed E-state index contributed by atoms with van der Waals surface area (Å²) in [5.41, 5.74) is 7.15. The average molecular weight is 419 g/mol. The van der Waals surface area contributed by atoms with Crippen molar-refractivity contribution in [1.29, 1.82) is 0 Å². The summed E-state index contributed by atoms with van der Waals surface area (Å²) in [6, 6.07) is 19.3. The van der Waals surface area contributed by atoms with E-state index in [0.717, 1.165) is 28.2 Å². The lowest BCUT2D eigenvalue weighted by Crippen LogP contribution is -2.05. The van der Waals surface area contributed by atoms with Gasteiger partial charge in [0.15, 0.2) is 9.84 Å². The largest absolute Gasteiger partial charge is 0.360 e. The van der Waals surface area contributed by atoms with Crippen molar-refractivity contribution in [3.63, 3.8) is 0 Å². The van der Waals surface area contributed by atoms with Crippen molar-refractivity contribution in [3.05, 3.63) is 89.4 Å². The van der Waals surface area contributed by atoms with Gasteiger partial charge in [-0.2, -0.15) is 0 Å². The molecule has 0 radical (unpaired) electrons. The third kappa shape index (κ3) is 3.04. The lowest BCUT2D eigenvalue weighted by Gasteiger charge is -2.14.